The number of hydrogen-bond acceptors (Lipinski definition) is 4. The number of likely N-dealkylation sites (tertiary alicyclic amines) is 1. The average Bonchev–Trinajstić information content (AvgIpc) is 2.30. The third-order valence-electron chi connectivity index (χ3n) is 3.80. The fraction of sp³-hybridized carbons (Fsp3) is 1.00. The van der Waals surface area contributed by atoms with Crippen LogP contribution >= 0.6 is 0 Å². The molecule has 0 unspecified atom stereocenters. The second-order valence-corrected chi connectivity index (χ2v) is 7.04. The molecule has 5 nitrogen and oxygen atoms in total. The third-order valence-corrected chi connectivity index (χ3v) is 5.80. The van der Waals surface area contributed by atoms with Gasteiger partial charge in [0.15, 0.2) is 0 Å². The molecule has 0 bridgehead atoms. The largest absolute Gasteiger partial charge is 0.329 e. The van der Waals surface area contributed by atoms with E-state index in [9.17, 15) is 8.42 Å². The minimum atomic E-state index is -2.96. The van der Waals surface area contributed by atoms with E-state index in [-0.39, 0.29) is 6.04 Å². The van der Waals surface area contributed by atoms with Gasteiger partial charge in [-0.3, -0.25) is 0 Å². The van der Waals surface area contributed by atoms with Gasteiger partial charge in [-0.25, -0.2) is 8.42 Å². The van der Waals surface area contributed by atoms with Crippen LogP contribution in [0.4, 0.5) is 0 Å². The van der Waals surface area contributed by atoms with Gasteiger partial charge < -0.3 is 10.6 Å². The molecular weight excluding hydrogens is 238 g/mol. The zero-order chi connectivity index (χ0) is 12.3. The van der Waals surface area contributed by atoms with Gasteiger partial charge in [-0.15, -0.1) is 0 Å². The van der Waals surface area contributed by atoms with Crippen LogP contribution in [0.15, 0.2) is 0 Å². The molecule has 2 fully saturated rings. The summed E-state index contributed by atoms with van der Waals surface area (Å²) in [5.41, 5.74) is 5.53. The average molecular weight is 261 g/mol. The van der Waals surface area contributed by atoms with E-state index in [2.05, 4.69) is 4.90 Å². The predicted octanol–water partition coefficient (Wildman–Crippen LogP) is -0.165. The molecule has 0 aliphatic carbocycles. The summed E-state index contributed by atoms with van der Waals surface area (Å²) in [6, 6.07) is 0.231. The van der Waals surface area contributed by atoms with Crippen molar-refractivity contribution in [3.63, 3.8) is 0 Å². The van der Waals surface area contributed by atoms with Crippen molar-refractivity contribution in [1.29, 1.82) is 0 Å². The Morgan fingerprint density at radius 2 is 1.82 bits per heavy atom. The summed E-state index contributed by atoms with van der Waals surface area (Å²) >= 11 is 0. The molecule has 0 atom stereocenters. The van der Waals surface area contributed by atoms with Crippen molar-refractivity contribution in [2.24, 2.45) is 5.73 Å². The summed E-state index contributed by atoms with van der Waals surface area (Å²) in [5, 5.41) is 0. The molecule has 2 aliphatic rings. The van der Waals surface area contributed by atoms with E-state index in [0.717, 1.165) is 51.9 Å². The van der Waals surface area contributed by atoms with Crippen LogP contribution in [0.1, 0.15) is 25.7 Å². The van der Waals surface area contributed by atoms with Crippen LogP contribution < -0.4 is 5.73 Å². The fourth-order valence-electron chi connectivity index (χ4n) is 2.83. The van der Waals surface area contributed by atoms with E-state index >= 15 is 0 Å². The van der Waals surface area contributed by atoms with Crippen LogP contribution in [-0.2, 0) is 10.0 Å². The Morgan fingerprint density at radius 3 is 2.41 bits per heavy atom. The Hall–Kier alpha value is -0.170. The lowest BCUT2D eigenvalue weighted by Crippen LogP contribution is -2.50. The molecule has 0 aromatic heterocycles. The van der Waals surface area contributed by atoms with Crippen molar-refractivity contribution in [2.45, 2.75) is 31.7 Å². The SMILES string of the molecule is NCCN1CCC(N2CCCCS2(=O)=O)CC1. The van der Waals surface area contributed by atoms with Crippen molar-refractivity contribution in [3.05, 3.63) is 0 Å². The Balaban J connectivity index is 1.91. The Bertz CT molecular complexity index is 337. The lowest BCUT2D eigenvalue weighted by molar-refractivity contribution is 0.158. The number of nitrogens with two attached hydrogens (primary N) is 1. The van der Waals surface area contributed by atoms with Crippen molar-refractivity contribution in [2.75, 3.05) is 38.5 Å². The first-order valence-electron chi connectivity index (χ1n) is 6.55. The lowest BCUT2D eigenvalue weighted by Gasteiger charge is -2.39. The van der Waals surface area contributed by atoms with Gasteiger partial charge in [-0.2, -0.15) is 4.31 Å². The maximum atomic E-state index is 12.0. The molecule has 2 N–H and O–H groups in total. The minimum Gasteiger partial charge on any atom is -0.329 e. The molecule has 2 saturated heterocycles. The highest BCUT2D eigenvalue weighted by atomic mass is 32.2. The first-order valence-corrected chi connectivity index (χ1v) is 8.16. The molecule has 0 amide bonds. The Morgan fingerprint density at radius 1 is 1.12 bits per heavy atom. The highest BCUT2D eigenvalue weighted by Gasteiger charge is 2.33. The minimum absolute atomic E-state index is 0.231. The topological polar surface area (TPSA) is 66.6 Å². The van der Waals surface area contributed by atoms with E-state index in [1.807, 2.05) is 0 Å². The number of sulfonamides is 1. The van der Waals surface area contributed by atoms with Crippen molar-refractivity contribution in [3.8, 4) is 0 Å². The molecule has 6 heteroatoms. The maximum Gasteiger partial charge on any atom is 0.214 e. The third kappa shape index (κ3) is 3.19. The van der Waals surface area contributed by atoms with Crippen molar-refractivity contribution in [1.82, 2.24) is 9.21 Å². The standard InChI is InChI=1S/C11H23N3O2S/c12-5-9-13-7-3-11(4-8-13)14-6-1-2-10-17(14,15)16/h11H,1-10,12H2. The highest BCUT2D eigenvalue weighted by Crippen LogP contribution is 2.23. The van der Waals surface area contributed by atoms with Crippen molar-refractivity contribution >= 4 is 10.0 Å². The van der Waals surface area contributed by atoms with Gasteiger partial charge in [0.1, 0.15) is 0 Å². The predicted molar refractivity (Wildman–Crippen MR) is 68.2 cm³/mol. The van der Waals surface area contributed by atoms with Crippen LogP contribution in [0, 0.1) is 0 Å². The first-order chi connectivity index (χ1) is 8.13. The molecule has 0 aromatic carbocycles. The van der Waals surface area contributed by atoms with Gasteiger partial charge in [0.25, 0.3) is 0 Å². The van der Waals surface area contributed by atoms with Gasteiger partial charge in [-0.05, 0) is 38.8 Å². The van der Waals surface area contributed by atoms with E-state index in [1.165, 1.54) is 0 Å². The monoisotopic (exact) mass is 261 g/mol. The highest BCUT2D eigenvalue weighted by molar-refractivity contribution is 7.89. The van der Waals surface area contributed by atoms with Crippen LogP contribution in [0.2, 0.25) is 0 Å². The zero-order valence-electron chi connectivity index (χ0n) is 10.3. The molecule has 0 aromatic rings. The van der Waals surface area contributed by atoms with Crippen molar-refractivity contribution < 1.29 is 8.42 Å². The van der Waals surface area contributed by atoms with E-state index in [1.54, 1.807) is 4.31 Å². The summed E-state index contributed by atoms with van der Waals surface area (Å²) in [4.78, 5) is 2.33. The molecule has 0 saturated carbocycles. The molecule has 2 aliphatic heterocycles. The summed E-state index contributed by atoms with van der Waals surface area (Å²) in [5.74, 6) is 0.343. The van der Waals surface area contributed by atoms with Crippen LogP contribution in [0.5, 0.6) is 0 Å². The molecule has 100 valence electrons. The molecule has 0 radical (unpaired) electrons. The molecule has 17 heavy (non-hydrogen) atoms. The van der Waals surface area contributed by atoms with Gasteiger partial charge in [0, 0.05) is 25.7 Å². The van der Waals surface area contributed by atoms with Gasteiger partial charge in [0.2, 0.25) is 10.0 Å². The number of rotatable bonds is 3. The summed E-state index contributed by atoms with van der Waals surface area (Å²) < 4.78 is 25.7. The molecule has 2 rings (SSSR count). The molecule has 2 heterocycles. The number of hydrogen-bond donors (Lipinski definition) is 1. The smallest absolute Gasteiger partial charge is 0.214 e. The second kappa shape index (κ2) is 5.65. The molecular formula is C11H23N3O2S. The normalized spacial score (nSPS) is 28.3. The second-order valence-electron chi connectivity index (χ2n) is 5.00. The maximum absolute atomic E-state index is 12.0. The van der Waals surface area contributed by atoms with Gasteiger partial charge in [-0.1, -0.05) is 0 Å². The van der Waals surface area contributed by atoms with E-state index in [0.29, 0.717) is 12.3 Å². The zero-order valence-corrected chi connectivity index (χ0v) is 11.2. The first kappa shape index (κ1) is 13.3. The van der Waals surface area contributed by atoms with E-state index in [4.69, 9.17) is 5.73 Å². The lowest BCUT2D eigenvalue weighted by atomic mass is 10.0. The van der Waals surface area contributed by atoms with Gasteiger partial charge in [0.05, 0.1) is 5.75 Å². The quantitative estimate of drug-likeness (QED) is 0.766. The summed E-state index contributed by atoms with van der Waals surface area (Å²) in [6.45, 7) is 4.30. The summed E-state index contributed by atoms with van der Waals surface area (Å²) in [7, 11) is -2.96. The van der Waals surface area contributed by atoms with Crippen LogP contribution in [-0.4, -0.2) is 62.1 Å². The number of nitrogens with zero attached hydrogens (tertiary/aromatic N) is 2. The van der Waals surface area contributed by atoms with Gasteiger partial charge >= 0.3 is 0 Å². The molecule has 0 spiro atoms. The summed E-state index contributed by atoms with van der Waals surface area (Å²) in [6.07, 6.45) is 3.76. The Labute approximate surface area is 104 Å². The van der Waals surface area contributed by atoms with Crippen LogP contribution in [0.25, 0.3) is 0 Å². The van der Waals surface area contributed by atoms with E-state index < -0.39 is 10.0 Å². The number of piperidine rings is 1. The van der Waals surface area contributed by atoms with Crippen LogP contribution in [0.3, 0.4) is 0 Å². The Kier molecular flexibility index (Phi) is 4.41. The fourth-order valence-corrected chi connectivity index (χ4v) is 4.71.